The quantitative estimate of drug-likeness (QED) is 0.809. The van der Waals surface area contributed by atoms with Gasteiger partial charge in [-0.05, 0) is 44.3 Å². The number of nitrogens with zero attached hydrogens (tertiary/aromatic N) is 1. The number of likely N-dealkylation sites (N-methyl/N-ethyl adjacent to an activating group) is 1. The molecule has 2 unspecified atom stereocenters. The van der Waals surface area contributed by atoms with E-state index in [4.69, 9.17) is 4.74 Å². The minimum atomic E-state index is -1.51. The van der Waals surface area contributed by atoms with E-state index in [1.807, 2.05) is 30.3 Å². The number of hydrogen-bond acceptors (Lipinski definition) is 4. The first kappa shape index (κ1) is 20.2. The standard InChI is InChI=1S/C20H29NO3.ClH/c1-2-21-14-8-13-18(15-21)24-19(22)20(23,17-11-6-7-12-17)16-9-4-3-5-10-16;/h3-5,9-10,17-18,23H,2,6-8,11-15H2,1H3;1H. The molecule has 1 N–H and O–H groups in total. The number of piperidine rings is 1. The van der Waals surface area contributed by atoms with E-state index >= 15 is 0 Å². The number of carbonyl (C=O) groups is 1. The largest absolute Gasteiger partial charge is 0.459 e. The Kier molecular flexibility index (Phi) is 7.29. The number of aliphatic hydroxyl groups is 1. The van der Waals surface area contributed by atoms with Crippen LogP contribution in [0.15, 0.2) is 30.3 Å². The van der Waals surface area contributed by atoms with Crippen LogP contribution in [0.5, 0.6) is 0 Å². The van der Waals surface area contributed by atoms with Crippen LogP contribution in [0.4, 0.5) is 0 Å². The molecule has 1 aromatic carbocycles. The van der Waals surface area contributed by atoms with Gasteiger partial charge in [0.25, 0.3) is 0 Å². The summed E-state index contributed by atoms with van der Waals surface area (Å²) in [7, 11) is 0. The molecule has 1 aliphatic heterocycles. The molecular formula is C20H30ClNO3. The highest BCUT2D eigenvalue weighted by Crippen LogP contribution is 2.41. The highest BCUT2D eigenvalue weighted by molar-refractivity contribution is 5.85. The minimum Gasteiger partial charge on any atom is -0.459 e. The zero-order valence-electron chi connectivity index (χ0n) is 15.0. The van der Waals surface area contributed by atoms with Crippen molar-refractivity contribution in [3.05, 3.63) is 35.9 Å². The number of likely N-dealkylation sites (tertiary alicyclic amines) is 1. The van der Waals surface area contributed by atoms with Crippen molar-refractivity contribution in [1.29, 1.82) is 0 Å². The van der Waals surface area contributed by atoms with Gasteiger partial charge in [0, 0.05) is 12.5 Å². The average Bonchev–Trinajstić information content (AvgIpc) is 3.17. The predicted molar refractivity (Wildman–Crippen MR) is 101 cm³/mol. The number of hydrogen-bond donors (Lipinski definition) is 1. The lowest BCUT2D eigenvalue weighted by atomic mass is 9.80. The van der Waals surface area contributed by atoms with Crippen molar-refractivity contribution in [2.24, 2.45) is 5.92 Å². The summed E-state index contributed by atoms with van der Waals surface area (Å²) in [6.45, 7) is 4.94. The van der Waals surface area contributed by atoms with Gasteiger partial charge in [-0.3, -0.25) is 4.90 Å². The van der Waals surface area contributed by atoms with Crippen LogP contribution in [0, 0.1) is 5.92 Å². The Bertz CT molecular complexity index is 547. The van der Waals surface area contributed by atoms with Gasteiger partial charge in [0.1, 0.15) is 6.10 Å². The maximum Gasteiger partial charge on any atom is 0.343 e. The van der Waals surface area contributed by atoms with Crippen LogP contribution in [0.3, 0.4) is 0 Å². The van der Waals surface area contributed by atoms with E-state index in [-0.39, 0.29) is 24.4 Å². The first-order valence-corrected chi connectivity index (χ1v) is 9.36. The second-order valence-electron chi connectivity index (χ2n) is 7.18. The van der Waals surface area contributed by atoms with Gasteiger partial charge >= 0.3 is 5.97 Å². The van der Waals surface area contributed by atoms with Crippen LogP contribution in [0.2, 0.25) is 0 Å². The lowest BCUT2D eigenvalue weighted by Crippen LogP contribution is -2.47. The summed E-state index contributed by atoms with van der Waals surface area (Å²) in [4.78, 5) is 15.3. The Labute approximate surface area is 157 Å². The van der Waals surface area contributed by atoms with Crippen molar-refractivity contribution in [3.63, 3.8) is 0 Å². The fraction of sp³-hybridized carbons (Fsp3) is 0.650. The molecule has 2 fully saturated rings. The van der Waals surface area contributed by atoms with Crippen molar-refractivity contribution >= 4 is 18.4 Å². The van der Waals surface area contributed by atoms with E-state index in [1.165, 1.54) is 0 Å². The molecule has 3 rings (SSSR count). The number of ether oxygens (including phenoxy) is 1. The Hall–Kier alpha value is -1.10. The summed E-state index contributed by atoms with van der Waals surface area (Å²) in [5.41, 5.74) is -0.836. The highest BCUT2D eigenvalue weighted by Gasteiger charge is 2.48. The summed E-state index contributed by atoms with van der Waals surface area (Å²) in [5.74, 6) is -0.498. The summed E-state index contributed by atoms with van der Waals surface area (Å²) in [6.07, 6.45) is 5.72. The summed E-state index contributed by atoms with van der Waals surface area (Å²) in [5, 5.41) is 11.4. The van der Waals surface area contributed by atoms with E-state index in [9.17, 15) is 9.90 Å². The fourth-order valence-electron chi connectivity index (χ4n) is 4.19. The molecule has 2 atom stereocenters. The van der Waals surface area contributed by atoms with Crippen LogP contribution in [-0.4, -0.2) is 41.7 Å². The minimum absolute atomic E-state index is 0. The van der Waals surface area contributed by atoms with Crippen molar-refractivity contribution in [3.8, 4) is 0 Å². The monoisotopic (exact) mass is 367 g/mol. The van der Waals surface area contributed by atoms with Gasteiger partial charge in [0.2, 0.25) is 0 Å². The third-order valence-corrected chi connectivity index (χ3v) is 5.65. The molecule has 1 heterocycles. The first-order valence-electron chi connectivity index (χ1n) is 9.36. The number of halogens is 1. The smallest absolute Gasteiger partial charge is 0.343 e. The molecule has 0 amide bonds. The van der Waals surface area contributed by atoms with Gasteiger partial charge in [0.15, 0.2) is 5.60 Å². The van der Waals surface area contributed by atoms with Crippen molar-refractivity contribution in [1.82, 2.24) is 4.90 Å². The molecule has 0 radical (unpaired) electrons. The van der Waals surface area contributed by atoms with E-state index in [0.717, 1.165) is 58.2 Å². The summed E-state index contributed by atoms with van der Waals surface area (Å²) in [6, 6.07) is 9.35. The normalized spacial score (nSPS) is 24.3. The van der Waals surface area contributed by atoms with Gasteiger partial charge < -0.3 is 9.84 Å². The molecule has 1 saturated carbocycles. The van der Waals surface area contributed by atoms with Crippen molar-refractivity contribution in [2.75, 3.05) is 19.6 Å². The molecule has 0 aromatic heterocycles. The van der Waals surface area contributed by atoms with Gasteiger partial charge in [0.05, 0.1) is 0 Å². The Morgan fingerprint density at radius 2 is 1.88 bits per heavy atom. The molecular weight excluding hydrogens is 338 g/mol. The second kappa shape index (κ2) is 9.02. The number of benzene rings is 1. The summed E-state index contributed by atoms with van der Waals surface area (Å²) < 4.78 is 5.82. The molecule has 140 valence electrons. The van der Waals surface area contributed by atoms with Crippen LogP contribution in [0.25, 0.3) is 0 Å². The molecule has 25 heavy (non-hydrogen) atoms. The highest BCUT2D eigenvalue weighted by atomic mass is 35.5. The lowest BCUT2D eigenvalue weighted by molar-refractivity contribution is -0.181. The zero-order valence-corrected chi connectivity index (χ0v) is 15.8. The van der Waals surface area contributed by atoms with Crippen LogP contribution < -0.4 is 0 Å². The third-order valence-electron chi connectivity index (χ3n) is 5.65. The Balaban J connectivity index is 0.00000225. The fourth-order valence-corrected chi connectivity index (χ4v) is 4.19. The van der Waals surface area contributed by atoms with Gasteiger partial charge in [-0.1, -0.05) is 50.1 Å². The zero-order chi connectivity index (χ0) is 17.0. The molecule has 0 bridgehead atoms. The maximum absolute atomic E-state index is 13.0. The van der Waals surface area contributed by atoms with Gasteiger partial charge in [-0.2, -0.15) is 0 Å². The van der Waals surface area contributed by atoms with Crippen LogP contribution >= 0.6 is 12.4 Å². The van der Waals surface area contributed by atoms with Crippen LogP contribution in [0.1, 0.15) is 51.0 Å². The molecule has 0 spiro atoms. The SMILES string of the molecule is CCN1CCCC(OC(=O)C(O)(c2ccccc2)C2CCCC2)C1.Cl. The van der Waals surface area contributed by atoms with Crippen molar-refractivity contribution < 1.29 is 14.6 Å². The van der Waals surface area contributed by atoms with E-state index in [2.05, 4.69) is 11.8 Å². The Morgan fingerprint density at radius 3 is 2.52 bits per heavy atom. The molecule has 2 aliphatic rings. The topological polar surface area (TPSA) is 49.8 Å². The molecule has 1 saturated heterocycles. The first-order chi connectivity index (χ1) is 11.6. The second-order valence-corrected chi connectivity index (χ2v) is 7.18. The van der Waals surface area contributed by atoms with Crippen molar-refractivity contribution in [2.45, 2.75) is 57.2 Å². The van der Waals surface area contributed by atoms with E-state index in [1.54, 1.807) is 0 Å². The number of esters is 1. The number of carbonyl (C=O) groups excluding carboxylic acids is 1. The number of rotatable bonds is 5. The van der Waals surface area contributed by atoms with Crippen LogP contribution in [-0.2, 0) is 15.1 Å². The van der Waals surface area contributed by atoms with Gasteiger partial charge in [-0.15, -0.1) is 12.4 Å². The molecule has 1 aliphatic carbocycles. The third kappa shape index (κ3) is 4.36. The van der Waals surface area contributed by atoms with E-state index < -0.39 is 11.6 Å². The van der Waals surface area contributed by atoms with Gasteiger partial charge in [-0.25, -0.2) is 4.79 Å². The molecule has 5 heteroatoms. The average molecular weight is 368 g/mol. The Morgan fingerprint density at radius 1 is 1.20 bits per heavy atom. The predicted octanol–water partition coefficient (Wildman–Crippen LogP) is 3.51. The van der Waals surface area contributed by atoms with E-state index in [0.29, 0.717) is 5.56 Å². The molecule has 4 nitrogen and oxygen atoms in total. The molecule has 1 aromatic rings. The maximum atomic E-state index is 13.0. The lowest BCUT2D eigenvalue weighted by Gasteiger charge is -2.36. The summed E-state index contributed by atoms with van der Waals surface area (Å²) >= 11 is 0.